The van der Waals surface area contributed by atoms with Gasteiger partial charge in [-0.15, -0.1) is 0 Å². The fourth-order valence-electron chi connectivity index (χ4n) is 4.47. The molecule has 1 atom stereocenters. The van der Waals surface area contributed by atoms with Crippen molar-refractivity contribution >= 4 is 17.3 Å². The summed E-state index contributed by atoms with van der Waals surface area (Å²) in [5, 5.41) is 3.32. The first kappa shape index (κ1) is 19.7. The van der Waals surface area contributed by atoms with E-state index in [1.54, 1.807) is 6.20 Å². The van der Waals surface area contributed by atoms with Crippen LogP contribution in [0.5, 0.6) is 0 Å². The van der Waals surface area contributed by atoms with Crippen LogP contribution >= 0.6 is 0 Å². The van der Waals surface area contributed by atoms with Crippen LogP contribution in [0.15, 0.2) is 60.9 Å². The van der Waals surface area contributed by atoms with Gasteiger partial charge in [-0.05, 0) is 75.2 Å². The summed E-state index contributed by atoms with van der Waals surface area (Å²) in [6.07, 6.45) is 6.28. The van der Waals surface area contributed by atoms with Crippen molar-refractivity contribution in [1.29, 1.82) is 0 Å². The minimum Gasteiger partial charge on any atom is -0.325 e. The Labute approximate surface area is 183 Å². The lowest BCUT2D eigenvalue weighted by molar-refractivity contribution is 0.195. The first-order chi connectivity index (χ1) is 15.2. The molecule has 1 aliphatic heterocycles. The largest absolute Gasteiger partial charge is 0.325 e. The van der Waals surface area contributed by atoms with Crippen LogP contribution in [-0.4, -0.2) is 37.3 Å². The van der Waals surface area contributed by atoms with Crippen molar-refractivity contribution in [3.63, 3.8) is 0 Å². The number of hydrogen-bond acceptors (Lipinski definition) is 5. The molecule has 0 amide bonds. The molecule has 158 valence electrons. The smallest absolute Gasteiger partial charge is 0.137 e. The van der Waals surface area contributed by atoms with Gasteiger partial charge in [-0.1, -0.05) is 12.1 Å². The highest BCUT2D eigenvalue weighted by atomic mass is 15.2. The van der Waals surface area contributed by atoms with Gasteiger partial charge in [0.1, 0.15) is 17.3 Å². The van der Waals surface area contributed by atoms with Crippen molar-refractivity contribution in [3.8, 4) is 0 Å². The SMILES string of the molecule is Cc1ccn2c(CN3CCC[C@@H](c4cccc(Nc5ccccn5)n4)C3)c(C)nc2c1. The molecule has 0 unspecified atom stereocenters. The van der Waals surface area contributed by atoms with E-state index >= 15 is 0 Å². The van der Waals surface area contributed by atoms with E-state index in [0.717, 1.165) is 48.3 Å². The summed E-state index contributed by atoms with van der Waals surface area (Å²) in [6.45, 7) is 7.27. The van der Waals surface area contributed by atoms with Gasteiger partial charge in [-0.3, -0.25) is 4.90 Å². The molecule has 1 N–H and O–H groups in total. The number of imidazole rings is 1. The molecular formula is C25H28N6. The number of likely N-dealkylation sites (tertiary alicyclic amines) is 1. The molecule has 1 fully saturated rings. The third kappa shape index (κ3) is 4.30. The van der Waals surface area contributed by atoms with Crippen LogP contribution in [0.25, 0.3) is 5.65 Å². The zero-order chi connectivity index (χ0) is 21.2. The second kappa shape index (κ2) is 8.47. The Bertz CT molecular complexity index is 1180. The fraction of sp³-hybridized carbons (Fsp3) is 0.320. The molecule has 1 saturated heterocycles. The lowest BCUT2D eigenvalue weighted by Crippen LogP contribution is -2.34. The predicted octanol–water partition coefficient (Wildman–Crippen LogP) is 4.86. The number of anilines is 2. The molecule has 0 radical (unpaired) electrons. The summed E-state index contributed by atoms with van der Waals surface area (Å²) in [5.41, 5.74) is 5.83. The summed E-state index contributed by atoms with van der Waals surface area (Å²) in [5.74, 6) is 2.10. The fourth-order valence-corrected chi connectivity index (χ4v) is 4.47. The van der Waals surface area contributed by atoms with Crippen molar-refractivity contribution < 1.29 is 0 Å². The third-order valence-electron chi connectivity index (χ3n) is 6.07. The van der Waals surface area contributed by atoms with Gasteiger partial charge in [0, 0.05) is 37.1 Å². The average Bonchev–Trinajstić information content (AvgIpc) is 3.09. The molecule has 5 rings (SSSR count). The molecule has 31 heavy (non-hydrogen) atoms. The summed E-state index contributed by atoms with van der Waals surface area (Å²) in [6, 6.07) is 16.4. The summed E-state index contributed by atoms with van der Waals surface area (Å²) < 4.78 is 2.24. The van der Waals surface area contributed by atoms with E-state index in [4.69, 9.17) is 9.97 Å². The monoisotopic (exact) mass is 412 g/mol. The van der Waals surface area contributed by atoms with Gasteiger partial charge in [-0.25, -0.2) is 15.0 Å². The molecule has 6 heteroatoms. The highest BCUT2D eigenvalue weighted by Gasteiger charge is 2.24. The van der Waals surface area contributed by atoms with E-state index in [1.807, 2.05) is 24.3 Å². The summed E-state index contributed by atoms with van der Waals surface area (Å²) >= 11 is 0. The van der Waals surface area contributed by atoms with Gasteiger partial charge in [0.15, 0.2) is 0 Å². The number of aryl methyl sites for hydroxylation is 2. The van der Waals surface area contributed by atoms with E-state index in [9.17, 15) is 0 Å². The van der Waals surface area contributed by atoms with E-state index in [1.165, 1.54) is 24.1 Å². The Morgan fingerprint density at radius 2 is 1.94 bits per heavy atom. The van der Waals surface area contributed by atoms with Gasteiger partial charge < -0.3 is 9.72 Å². The Morgan fingerprint density at radius 1 is 1.03 bits per heavy atom. The highest BCUT2D eigenvalue weighted by Crippen LogP contribution is 2.28. The highest BCUT2D eigenvalue weighted by molar-refractivity contribution is 5.51. The zero-order valence-corrected chi connectivity index (χ0v) is 18.1. The van der Waals surface area contributed by atoms with Crippen LogP contribution in [0.1, 0.15) is 41.4 Å². The zero-order valence-electron chi connectivity index (χ0n) is 18.1. The van der Waals surface area contributed by atoms with Crippen LogP contribution in [0.4, 0.5) is 11.6 Å². The minimum absolute atomic E-state index is 0.431. The molecule has 1 aliphatic rings. The number of aromatic nitrogens is 4. The maximum absolute atomic E-state index is 4.91. The number of fused-ring (bicyclic) bond motifs is 1. The molecular weight excluding hydrogens is 384 g/mol. The standard InChI is InChI=1S/C25H28N6/c1-18-11-14-31-22(19(2)27-25(31)15-18)17-30-13-6-7-20(16-30)21-8-5-10-24(28-21)29-23-9-3-4-12-26-23/h3-5,8-12,14-15,20H,6-7,13,16-17H2,1-2H3,(H,26,28,29)/t20-/m1/s1. The van der Waals surface area contributed by atoms with Gasteiger partial charge in [0.2, 0.25) is 0 Å². The first-order valence-corrected chi connectivity index (χ1v) is 11.0. The number of nitrogens with zero attached hydrogens (tertiary/aromatic N) is 5. The molecule has 5 heterocycles. The Kier molecular flexibility index (Phi) is 5.38. The average molecular weight is 413 g/mol. The van der Waals surface area contributed by atoms with E-state index < -0.39 is 0 Å². The molecule has 0 saturated carbocycles. The van der Waals surface area contributed by atoms with Gasteiger partial charge in [0.05, 0.1) is 11.4 Å². The number of piperidine rings is 1. The topological polar surface area (TPSA) is 58.4 Å². The summed E-state index contributed by atoms with van der Waals surface area (Å²) in [4.78, 5) is 16.6. The van der Waals surface area contributed by atoms with Crippen LogP contribution in [-0.2, 0) is 6.54 Å². The number of nitrogens with one attached hydrogen (secondary N) is 1. The molecule has 0 aliphatic carbocycles. The Balaban J connectivity index is 1.32. The van der Waals surface area contributed by atoms with E-state index in [0.29, 0.717) is 5.92 Å². The molecule has 6 nitrogen and oxygen atoms in total. The van der Waals surface area contributed by atoms with Crippen molar-refractivity contribution in [2.45, 2.75) is 39.2 Å². The molecule has 0 bridgehead atoms. The summed E-state index contributed by atoms with van der Waals surface area (Å²) in [7, 11) is 0. The van der Waals surface area contributed by atoms with E-state index in [2.05, 4.69) is 63.9 Å². The quantitative estimate of drug-likeness (QED) is 0.507. The maximum Gasteiger partial charge on any atom is 0.137 e. The van der Waals surface area contributed by atoms with Gasteiger partial charge in [-0.2, -0.15) is 0 Å². The minimum atomic E-state index is 0.431. The maximum atomic E-state index is 4.91. The molecule has 4 aromatic heterocycles. The van der Waals surface area contributed by atoms with Crippen LogP contribution in [0.2, 0.25) is 0 Å². The van der Waals surface area contributed by atoms with E-state index in [-0.39, 0.29) is 0 Å². The Hall–Kier alpha value is -3.25. The molecule has 0 spiro atoms. The lowest BCUT2D eigenvalue weighted by atomic mass is 9.94. The second-order valence-corrected chi connectivity index (χ2v) is 8.44. The van der Waals surface area contributed by atoms with Crippen LogP contribution < -0.4 is 5.32 Å². The normalized spacial score (nSPS) is 17.2. The first-order valence-electron chi connectivity index (χ1n) is 11.0. The number of hydrogen-bond donors (Lipinski definition) is 1. The van der Waals surface area contributed by atoms with Crippen LogP contribution in [0, 0.1) is 13.8 Å². The van der Waals surface area contributed by atoms with Crippen molar-refractivity contribution in [2.75, 3.05) is 18.4 Å². The number of rotatable bonds is 5. The van der Waals surface area contributed by atoms with Crippen LogP contribution in [0.3, 0.4) is 0 Å². The third-order valence-corrected chi connectivity index (χ3v) is 6.07. The van der Waals surface area contributed by atoms with Crippen molar-refractivity contribution in [2.24, 2.45) is 0 Å². The number of pyridine rings is 3. The van der Waals surface area contributed by atoms with Gasteiger partial charge in [0.25, 0.3) is 0 Å². The predicted molar refractivity (Wildman–Crippen MR) is 124 cm³/mol. The van der Waals surface area contributed by atoms with Crippen molar-refractivity contribution in [3.05, 3.63) is 83.6 Å². The second-order valence-electron chi connectivity index (χ2n) is 8.44. The molecule has 4 aromatic rings. The van der Waals surface area contributed by atoms with Gasteiger partial charge >= 0.3 is 0 Å². The molecule has 0 aromatic carbocycles. The Morgan fingerprint density at radius 3 is 2.81 bits per heavy atom. The lowest BCUT2D eigenvalue weighted by Gasteiger charge is -2.32. The van der Waals surface area contributed by atoms with Crippen molar-refractivity contribution in [1.82, 2.24) is 24.3 Å².